The number of carbonyl (C=O) groups excluding carboxylic acids is 1. The van der Waals surface area contributed by atoms with Crippen LogP contribution in [0.15, 0.2) is 24.4 Å². The van der Waals surface area contributed by atoms with Gasteiger partial charge in [-0.2, -0.15) is 0 Å². The molecule has 5 nitrogen and oxygen atoms in total. The average Bonchev–Trinajstić information content (AvgIpc) is 3.06. The number of fused-ring (bicyclic) bond motifs is 1. The van der Waals surface area contributed by atoms with E-state index in [2.05, 4.69) is 46.8 Å². The highest BCUT2D eigenvalue weighted by Crippen LogP contribution is 2.24. The van der Waals surface area contributed by atoms with Gasteiger partial charge in [-0.25, -0.2) is 0 Å². The number of rotatable bonds is 3. The first-order valence-electron chi connectivity index (χ1n) is 9.80. The molecule has 2 aromatic rings. The molecule has 4 rings (SSSR count). The fourth-order valence-electron chi connectivity index (χ4n) is 4.59. The molecule has 1 amide bonds. The molecule has 3 heterocycles. The van der Waals surface area contributed by atoms with Crippen LogP contribution in [0.5, 0.6) is 0 Å². The van der Waals surface area contributed by atoms with Gasteiger partial charge >= 0.3 is 0 Å². The van der Waals surface area contributed by atoms with Crippen molar-refractivity contribution in [3.63, 3.8) is 0 Å². The third-order valence-electron chi connectivity index (χ3n) is 6.02. The lowest BCUT2D eigenvalue weighted by Gasteiger charge is -2.44. The maximum atomic E-state index is 13.0. The molecule has 0 radical (unpaired) electrons. The quantitative estimate of drug-likeness (QED) is 0.921. The summed E-state index contributed by atoms with van der Waals surface area (Å²) < 4.78 is 5.49. The minimum atomic E-state index is 0.244. The Balaban J connectivity index is 1.42. The van der Waals surface area contributed by atoms with Crippen LogP contribution in [0.2, 0.25) is 0 Å². The fraction of sp³-hybridized carbons (Fsp3) is 0.571. The summed E-state index contributed by atoms with van der Waals surface area (Å²) in [5, 5.41) is 1.20. The number of aryl methyl sites for hydroxylation is 1. The molecule has 1 aromatic carbocycles. The van der Waals surface area contributed by atoms with Crippen LogP contribution in [0.25, 0.3) is 10.9 Å². The first-order valence-corrected chi connectivity index (χ1v) is 9.80. The predicted octanol–water partition coefficient (Wildman–Crippen LogP) is 2.73. The van der Waals surface area contributed by atoms with E-state index >= 15 is 0 Å². The number of hydrogen-bond donors (Lipinski definition) is 1. The second kappa shape index (κ2) is 7.41. The van der Waals surface area contributed by atoms with Gasteiger partial charge in [0.2, 0.25) is 5.91 Å². The topological polar surface area (TPSA) is 48.6 Å². The van der Waals surface area contributed by atoms with E-state index in [-0.39, 0.29) is 11.9 Å². The van der Waals surface area contributed by atoms with Crippen molar-refractivity contribution >= 4 is 16.8 Å². The third-order valence-corrected chi connectivity index (χ3v) is 6.02. The summed E-state index contributed by atoms with van der Waals surface area (Å²) in [6, 6.07) is 7.13. The Hall–Kier alpha value is -1.85. The molecule has 0 spiro atoms. The van der Waals surface area contributed by atoms with Crippen molar-refractivity contribution in [3.05, 3.63) is 35.5 Å². The highest BCUT2D eigenvalue weighted by molar-refractivity contribution is 5.91. The summed E-state index contributed by atoms with van der Waals surface area (Å²) in [6.07, 6.45) is 4.72. The average molecular weight is 355 g/mol. The number of nitrogens with one attached hydrogen (secondary N) is 1. The molecule has 2 saturated heterocycles. The molecule has 5 heteroatoms. The number of nitrogens with zero attached hydrogens (tertiary/aromatic N) is 2. The van der Waals surface area contributed by atoms with E-state index in [1.807, 2.05) is 6.20 Å². The number of hydrogen-bond acceptors (Lipinski definition) is 3. The Bertz CT molecular complexity index is 779. The van der Waals surface area contributed by atoms with E-state index in [0.29, 0.717) is 12.5 Å². The van der Waals surface area contributed by atoms with E-state index in [9.17, 15) is 4.79 Å². The molecule has 0 aliphatic carbocycles. The van der Waals surface area contributed by atoms with Gasteiger partial charge in [-0.15, -0.1) is 0 Å². The lowest BCUT2D eigenvalue weighted by Crippen LogP contribution is -2.57. The first kappa shape index (κ1) is 17.6. The van der Waals surface area contributed by atoms with Crippen LogP contribution >= 0.6 is 0 Å². The molecule has 2 aliphatic rings. The molecule has 2 aliphatic heterocycles. The van der Waals surface area contributed by atoms with Crippen LogP contribution in [0, 0.1) is 6.92 Å². The van der Waals surface area contributed by atoms with Crippen LogP contribution in [-0.2, 0) is 16.0 Å². The lowest BCUT2D eigenvalue weighted by molar-refractivity contribution is -0.135. The molecular weight excluding hydrogens is 326 g/mol. The van der Waals surface area contributed by atoms with Crippen molar-refractivity contribution in [2.24, 2.45) is 0 Å². The highest BCUT2D eigenvalue weighted by Gasteiger charge is 2.31. The van der Waals surface area contributed by atoms with E-state index < -0.39 is 0 Å². The maximum absolute atomic E-state index is 13.0. The fourth-order valence-corrected chi connectivity index (χ4v) is 4.59. The van der Waals surface area contributed by atoms with Crippen molar-refractivity contribution in [3.8, 4) is 0 Å². The van der Waals surface area contributed by atoms with Crippen molar-refractivity contribution in [1.82, 2.24) is 14.8 Å². The second-order valence-corrected chi connectivity index (χ2v) is 7.76. The SMILES string of the molecule is Cc1cccc2[nH]cc(CC(=O)N3CCN(C4CCOCC4)C[C@H]3C)c12. The van der Waals surface area contributed by atoms with Gasteiger partial charge in [-0.3, -0.25) is 9.69 Å². The molecule has 0 unspecified atom stereocenters. The number of piperazine rings is 1. The van der Waals surface area contributed by atoms with Crippen LogP contribution in [0.3, 0.4) is 0 Å². The number of amides is 1. The third kappa shape index (κ3) is 3.38. The summed E-state index contributed by atoms with van der Waals surface area (Å²) in [4.78, 5) is 20.9. The summed E-state index contributed by atoms with van der Waals surface area (Å²) in [6.45, 7) is 8.83. The minimum Gasteiger partial charge on any atom is -0.381 e. The molecule has 1 N–H and O–H groups in total. The van der Waals surface area contributed by atoms with E-state index in [1.165, 1.54) is 10.9 Å². The van der Waals surface area contributed by atoms with Crippen LogP contribution in [-0.4, -0.2) is 65.6 Å². The van der Waals surface area contributed by atoms with E-state index in [0.717, 1.165) is 56.8 Å². The van der Waals surface area contributed by atoms with Crippen molar-refractivity contribution in [1.29, 1.82) is 0 Å². The number of H-pyrrole nitrogens is 1. The standard InChI is InChI=1S/C21H29N3O2/c1-15-4-3-5-19-21(15)17(13-22-19)12-20(25)24-9-8-23(14-16(24)2)18-6-10-26-11-7-18/h3-5,13,16,18,22H,6-12,14H2,1-2H3/t16-/m1/s1. The summed E-state index contributed by atoms with van der Waals surface area (Å²) in [7, 11) is 0. The molecule has 0 saturated carbocycles. The number of aromatic nitrogens is 1. The molecule has 26 heavy (non-hydrogen) atoms. The maximum Gasteiger partial charge on any atom is 0.227 e. The number of benzene rings is 1. The van der Waals surface area contributed by atoms with Crippen LogP contribution < -0.4 is 0 Å². The van der Waals surface area contributed by atoms with Crippen molar-refractivity contribution in [2.45, 2.75) is 45.2 Å². The molecule has 1 atom stereocenters. The van der Waals surface area contributed by atoms with Gasteiger partial charge < -0.3 is 14.6 Å². The highest BCUT2D eigenvalue weighted by atomic mass is 16.5. The van der Waals surface area contributed by atoms with E-state index in [4.69, 9.17) is 4.74 Å². The Morgan fingerprint density at radius 3 is 2.85 bits per heavy atom. The summed E-state index contributed by atoms with van der Waals surface area (Å²) in [5.74, 6) is 0.244. The zero-order valence-corrected chi connectivity index (χ0v) is 15.8. The van der Waals surface area contributed by atoms with Crippen molar-refractivity contribution < 1.29 is 9.53 Å². The summed E-state index contributed by atoms with van der Waals surface area (Å²) in [5.41, 5.74) is 3.45. The second-order valence-electron chi connectivity index (χ2n) is 7.76. The Kier molecular flexibility index (Phi) is 5.00. The van der Waals surface area contributed by atoms with Gasteiger partial charge in [-0.1, -0.05) is 12.1 Å². The molecule has 2 fully saturated rings. The predicted molar refractivity (Wildman–Crippen MR) is 103 cm³/mol. The first-order chi connectivity index (χ1) is 12.6. The Labute approximate surface area is 155 Å². The van der Waals surface area contributed by atoms with Gasteiger partial charge in [0.25, 0.3) is 0 Å². The molecule has 0 bridgehead atoms. The van der Waals surface area contributed by atoms with Gasteiger partial charge in [0.1, 0.15) is 0 Å². The van der Waals surface area contributed by atoms with Gasteiger partial charge in [0.05, 0.1) is 6.42 Å². The minimum absolute atomic E-state index is 0.244. The number of carbonyl (C=O) groups is 1. The largest absolute Gasteiger partial charge is 0.381 e. The smallest absolute Gasteiger partial charge is 0.227 e. The van der Waals surface area contributed by atoms with Crippen LogP contribution in [0.4, 0.5) is 0 Å². The van der Waals surface area contributed by atoms with Crippen LogP contribution in [0.1, 0.15) is 30.9 Å². The lowest BCUT2D eigenvalue weighted by atomic mass is 10.0. The molecular formula is C21H29N3O2. The van der Waals surface area contributed by atoms with Crippen molar-refractivity contribution in [2.75, 3.05) is 32.8 Å². The van der Waals surface area contributed by atoms with Gasteiger partial charge in [0, 0.05) is 62.0 Å². The number of aromatic amines is 1. The zero-order valence-electron chi connectivity index (χ0n) is 15.8. The monoisotopic (exact) mass is 355 g/mol. The van der Waals surface area contributed by atoms with E-state index in [1.54, 1.807) is 0 Å². The van der Waals surface area contributed by atoms with Gasteiger partial charge in [-0.05, 0) is 43.9 Å². The van der Waals surface area contributed by atoms with Gasteiger partial charge in [0.15, 0.2) is 0 Å². The molecule has 140 valence electrons. The Morgan fingerprint density at radius 2 is 2.08 bits per heavy atom. The normalized spacial score (nSPS) is 22.8. The summed E-state index contributed by atoms with van der Waals surface area (Å²) >= 11 is 0. The number of ether oxygens (including phenoxy) is 1. The Morgan fingerprint density at radius 1 is 1.27 bits per heavy atom. The zero-order chi connectivity index (χ0) is 18.1. The molecule has 1 aromatic heterocycles.